The van der Waals surface area contributed by atoms with Gasteiger partial charge < -0.3 is 9.80 Å². The molecule has 2 amide bonds. The molecule has 1 spiro atoms. The summed E-state index contributed by atoms with van der Waals surface area (Å²) in [5, 5.41) is 0.543. The number of nitrogens with zero attached hydrogens (tertiary/aromatic N) is 2. The van der Waals surface area contributed by atoms with E-state index in [1.54, 1.807) is 52.3 Å². The molecule has 0 N–H and O–H groups in total. The van der Waals surface area contributed by atoms with Gasteiger partial charge in [0.15, 0.2) is 4.87 Å². The smallest absolute Gasteiger partial charge is 0.268 e. The molecule has 4 nitrogen and oxygen atoms in total. The minimum atomic E-state index is -1.16. The highest BCUT2D eigenvalue weighted by Gasteiger charge is 2.59. The Morgan fingerprint density at radius 2 is 1.88 bits per heavy atom. The normalized spacial score (nSPS) is 19.7. The number of halogens is 2. The van der Waals surface area contributed by atoms with Crippen molar-refractivity contribution in [3.05, 3.63) is 99.8 Å². The number of benzene rings is 3. The molecule has 5 rings (SSSR count). The van der Waals surface area contributed by atoms with Gasteiger partial charge in [-0.25, -0.2) is 4.39 Å². The fourth-order valence-electron chi connectivity index (χ4n) is 4.43. The summed E-state index contributed by atoms with van der Waals surface area (Å²) in [6.07, 6.45) is 0. The molecule has 0 aromatic heterocycles. The maximum absolute atomic E-state index is 14.4. The van der Waals surface area contributed by atoms with Crippen LogP contribution in [0.5, 0.6) is 0 Å². The second-order valence-electron chi connectivity index (χ2n) is 7.96. The molecule has 0 bridgehead atoms. The second-order valence-corrected chi connectivity index (χ2v) is 9.68. The van der Waals surface area contributed by atoms with Crippen molar-refractivity contribution < 1.29 is 14.0 Å². The van der Waals surface area contributed by atoms with E-state index in [9.17, 15) is 14.0 Å². The Labute approximate surface area is 195 Å². The summed E-state index contributed by atoms with van der Waals surface area (Å²) >= 11 is 7.45. The predicted octanol–water partition coefficient (Wildman–Crippen LogP) is 5.38. The molecule has 1 fully saturated rings. The highest BCUT2D eigenvalue weighted by molar-refractivity contribution is 8.01. The largest absolute Gasteiger partial charge is 0.311 e. The van der Waals surface area contributed by atoms with E-state index in [-0.39, 0.29) is 24.2 Å². The monoisotopic (exact) mass is 466 g/mol. The number of hydrogen-bond acceptors (Lipinski definition) is 3. The van der Waals surface area contributed by atoms with Crippen molar-refractivity contribution in [1.82, 2.24) is 4.90 Å². The van der Waals surface area contributed by atoms with E-state index in [0.717, 1.165) is 11.1 Å². The summed E-state index contributed by atoms with van der Waals surface area (Å²) in [5.41, 5.74) is 3.40. The van der Waals surface area contributed by atoms with E-state index in [0.29, 0.717) is 34.1 Å². The molecule has 0 unspecified atom stereocenters. The Kier molecular flexibility index (Phi) is 5.22. The molecule has 7 heteroatoms. The molecule has 1 saturated heterocycles. The Morgan fingerprint density at radius 3 is 2.62 bits per heavy atom. The van der Waals surface area contributed by atoms with E-state index < -0.39 is 4.87 Å². The summed E-state index contributed by atoms with van der Waals surface area (Å²) in [6, 6.07) is 18.9. The summed E-state index contributed by atoms with van der Waals surface area (Å²) < 4.78 is 14.4. The van der Waals surface area contributed by atoms with E-state index in [1.165, 1.54) is 17.8 Å². The van der Waals surface area contributed by atoms with Gasteiger partial charge >= 0.3 is 0 Å². The lowest BCUT2D eigenvalue weighted by Crippen LogP contribution is -2.50. The fourth-order valence-corrected chi connectivity index (χ4v) is 6.01. The molecule has 32 heavy (non-hydrogen) atoms. The van der Waals surface area contributed by atoms with Crippen LogP contribution in [0.3, 0.4) is 0 Å². The van der Waals surface area contributed by atoms with Crippen LogP contribution in [0.1, 0.15) is 27.0 Å². The van der Waals surface area contributed by atoms with Gasteiger partial charge in [0, 0.05) is 34.0 Å². The topological polar surface area (TPSA) is 40.6 Å². The number of rotatable bonds is 3. The SMILES string of the molecule is Cc1ccc2c(c1)[C@@]1(SCCN1C(=O)c1ccc(Cl)cc1)C(=O)N2Cc1ccccc1F. The van der Waals surface area contributed by atoms with E-state index in [2.05, 4.69) is 0 Å². The van der Waals surface area contributed by atoms with Crippen LogP contribution in [0.25, 0.3) is 0 Å². The van der Waals surface area contributed by atoms with Gasteiger partial charge in [-0.2, -0.15) is 0 Å². The number of carbonyl (C=O) groups is 2. The van der Waals surface area contributed by atoms with E-state index in [1.807, 2.05) is 25.1 Å². The van der Waals surface area contributed by atoms with Gasteiger partial charge in [0.1, 0.15) is 5.82 Å². The number of anilines is 1. The van der Waals surface area contributed by atoms with Crippen LogP contribution in [-0.2, 0) is 16.2 Å². The lowest BCUT2D eigenvalue weighted by molar-refractivity contribution is -0.123. The van der Waals surface area contributed by atoms with Crippen LogP contribution >= 0.6 is 23.4 Å². The maximum Gasteiger partial charge on any atom is 0.268 e. The molecule has 1 atom stereocenters. The molecular formula is C25H20ClFN2O2S. The lowest BCUT2D eigenvalue weighted by atomic mass is 10.0. The zero-order chi connectivity index (χ0) is 22.5. The zero-order valence-corrected chi connectivity index (χ0v) is 18.9. The van der Waals surface area contributed by atoms with Crippen molar-refractivity contribution in [1.29, 1.82) is 0 Å². The summed E-state index contributed by atoms with van der Waals surface area (Å²) in [4.78, 5) is 29.6. The third-order valence-corrected chi connectivity index (χ3v) is 7.64. The minimum Gasteiger partial charge on any atom is -0.311 e. The third-order valence-electron chi connectivity index (χ3n) is 5.97. The Morgan fingerprint density at radius 1 is 1.12 bits per heavy atom. The van der Waals surface area contributed by atoms with Gasteiger partial charge in [0.2, 0.25) is 0 Å². The Bertz CT molecular complexity index is 1230. The first-order valence-electron chi connectivity index (χ1n) is 10.3. The van der Waals surface area contributed by atoms with Crippen molar-refractivity contribution >= 4 is 40.9 Å². The van der Waals surface area contributed by atoms with Crippen molar-refractivity contribution in [2.45, 2.75) is 18.3 Å². The number of amides is 2. The second kappa shape index (κ2) is 7.94. The van der Waals surface area contributed by atoms with Crippen LogP contribution in [-0.4, -0.2) is 29.0 Å². The standard InChI is InChI=1S/C25H20ClFN2O2S/c1-16-6-11-22-20(14-16)25(24(31)28(22)15-18-4-2-3-5-21(18)27)29(12-13-32-25)23(30)17-7-9-19(26)10-8-17/h2-11,14H,12-13,15H2,1H3/t25-/m1/s1. The molecule has 3 aromatic rings. The molecule has 2 heterocycles. The zero-order valence-electron chi connectivity index (χ0n) is 17.3. The van der Waals surface area contributed by atoms with Crippen molar-refractivity contribution in [2.75, 3.05) is 17.2 Å². The lowest BCUT2D eigenvalue weighted by Gasteiger charge is -2.33. The number of carbonyl (C=O) groups excluding carboxylic acids is 2. The molecule has 2 aliphatic heterocycles. The molecule has 0 radical (unpaired) electrons. The van der Waals surface area contributed by atoms with Gasteiger partial charge in [-0.1, -0.05) is 47.5 Å². The number of fused-ring (bicyclic) bond motifs is 2. The van der Waals surface area contributed by atoms with Crippen LogP contribution in [0.4, 0.5) is 10.1 Å². The van der Waals surface area contributed by atoms with Crippen molar-refractivity contribution in [3.8, 4) is 0 Å². The average Bonchev–Trinajstić information content (AvgIpc) is 3.32. The summed E-state index contributed by atoms with van der Waals surface area (Å²) in [6.45, 7) is 2.51. The summed E-state index contributed by atoms with van der Waals surface area (Å²) in [7, 11) is 0. The van der Waals surface area contributed by atoms with Crippen LogP contribution < -0.4 is 4.90 Å². The van der Waals surface area contributed by atoms with Gasteiger partial charge in [-0.3, -0.25) is 9.59 Å². The molecule has 0 saturated carbocycles. The van der Waals surface area contributed by atoms with E-state index >= 15 is 0 Å². The Hall–Kier alpha value is -2.83. The van der Waals surface area contributed by atoms with Gasteiger partial charge in [0.25, 0.3) is 11.8 Å². The number of thioether (sulfide) groups is 1. The maximum atomic E-state index is 14.4. The number of hydrogen-bond donors (Lipinski definition) is 0. The predicted molar refractivity (Wildman–Crippen MR) is 125 cm³/mol. The highest BCUT2D eigenvalue weighted by atomic mass is 35.5. The quantitative estimate of drug-likeness (QED) is 0.520. The minimum absolute atomic E-state index is 0.104. The fraction of sp³-hybridized carbons (Fsp3) is 0.200. The van der Waals surface area contributed by atoms with Crippen LogP contribution in [0.15, 0.2) is 66.7 Å². The number of aryl methyl sites for hydroxylation is 1. The van der Waals surface area contributed by atoms with Crippen molar-refractivity contribution in [2.24, 2.45) is 0 Å². The first kappa shape index (κ1) is 21.0. The third kappa shape index (κ3) is 3.21. The van der Waals surface area contributed by atoms with Crippen molar-refractivity contribution in [3.63, 3.8) is 0 Å². The van der Waals surface area contributed by atoms with Gasteiger partial charge in [-0.15, -0.1) is 11.8 Å². The Balaban J connectivity index is 1.60. The molecule has 162 valence electrons. The molecular weight excluding hydrogens is 447 g/mol. The van der Waals surface area contributed by atoms with Crippen LogP contribution in [0, 0.1) is 12.7 Å². The van der Waals surface area contributed by atoms with Crippen LogP contribution in [0.2, 0.25) is 5.02 Å². The van der Waals surface area contributed by atoms with E-state index in [4.69, 9.17) is 11.6 Å². The van der Waals surface area contributed by atoms with Gasteiger partial charge in [-0.05, 0) is 43.3 Å². The van der Waals surface area contributed by atoms with Gasteiger partial charge in [0.05, 0.1) is 12.2 Å². The molecule has 3 aromatic carbocycles. The molecule has 0 aliphatic carbocycles. The summed E-state index contributed by atoms with van der Waals surface area (Å²) in [5.74, 6) is -0.166. The molecule has 2 aliphatic rings. The highest BCUT2D eigenvalue weighted by Crippen LogP contribution is 2.55. The first-order valence-corrected chi connectivity index (χ1v) is 11.7. The first-order chi connectivity index (χ1) is 15.4. The average molecular weight is 467 g/mol.